The van der Waals surface area contributed by atoms with Crippen molar-refractivity contribution in [2.75, 3.05) is 0 Å². The van der Waals surface area contributed by atoms with Gasteiger partial charge in [-0.05, 0) is 42.3 Å². The van der Waals surface area contributed by atoms with Crippen molar-refractivity contribution in [2.24, 2.45) is 0 Å². The summed E-state index contributed by atoms with van der Waals surface area (Å²) in [6.45, 7) is 2.08. The Bertz CT molecular complexity index is 549. The van der Waals surface area contributed by atoms with Crippen molar-refractivity contribution >= 4 is 6.29 Å². The zero-order valence-electron chi connectivity index (χ0n) is 10.2. The molecule has 1 aromatic heterocycles. The fraction of sp³-hybridized carbons (Fsp3) is 0.200. The first-order valence-electron chi connectivity index (χ1n) is 5.94. The maximum absolute atomic E-state index is 12.9. The number of hydrogen-bond donors (Lipinski definition) is 0. The van der Waals surface area contributed by atoms with Crippen LogP contribution in [0.1, 0.15) is 29.3 Å². The number of nitrogens with zero attached hydrogens (tertiary/aromatic N) is 1. The van der Waals surface area contributed by atoms with E-state index in [0.717, 1.165) is 30.3 Å². The number of carbonyl (C=O) groups excluding carboxylic acids is 1. The molecule has 0 saturated carbocycles. The summed E-state index contributed by atoms with van der Waals surface area (Å²) in [6, 6.07) is 7.84. The minimum atomic E-state index is -0.297. The minimum absolute atomic E-state index is 0.297. The van der Waals surface area contributed by atoms with E-state index in [9.17, 15) is 9.18 Å². The summed E-state index contributed by atoms with van der Waals surface area (Å²) in [6.07, 6.45) is 4.48. The molecule has 0 radical (unpaired) electrons. The molecule has 2 nitrogen and oxygen atoms in total. The van der Waals surface area contributed by atoms with Gasteiger partial charge in [0.25, 0.3) is 0 Å². The topological polar surface area (TPSA) is 30.0 Å². The molecule has 3 heteroatoms. The van der Waals surface area contributed by atoms with E-state index in [4.69, 9.17) is 0 Å². The van der Waals surface area contributed by atoms with Crippen molar-refractivity contribution in [2.45, 2.75) is 19.8 Å². The molecule has 18 heavy (non-hydrogen) atoms. The predicted molar refractivity (Wildman–Crippen MR) is 69.0 cm³/mol. The Morgan fingerprint density at radius 1 is 1.28 bits per heavy atom. The fourth-order valence-corrected chi connectivity index (χ4v) is 1.89. The Morgan fingerprint density at radius 2 is 2.00 bits per heavy atom. The van der Waals surface area contributed by atoms with E-state index >= 15 is 0 Å². The Morgan fingerprint density at radius 3 is 2.61 bits per heavy atom. The monoisotopic (exact) mass is 243 g/mol. The van der Waals surface area contributed by atoms with Gasteiger partial charge in [-0.25, -0.2) is 4.39 Å². The third-order valence-corrected chi connectivity index (χ3v) is 2.76. The maximum Gasteiger partial charge on any atom is 0.152 e. The first-order valence-corrected chi connectivity index (χ1v) is 5.94. The standard InChI is InChI=1S/C15H14FNO/c1-2-3-11-8-13(10-18)15(17-9-11)12-4-6-14(16)7-5-12/h4-10H,2-3H2,1H3. The summed E-state index contributed by atoms with van der Waals surface area (Å²) in [5.41, 5.74) is 2.95. The highest BCUT2D eigenvalue weighted by molar-refractivity contribution is 5.85. The number of pyridine rings is 1. The van der Waals surface area contributed by atoms with Crippen molar-refractivity contribution in [1.82, 2.24) is 4.98 Å². The van der Waals surface area contributed by atoms with Crippen LogP contribution in [0.15, 0.2) is 36.5 Å². The number of rotatable bonds is 4. The summed E-state index contributed by atoms with van der Waals surface area (Å²) >= 11 is 0. The smallest absolute Gasteiger partial charge is 0.152 e. The van der Waals surface area contributed by atoms with E-state index in [1.165, 1.54) is 12.1 Å². The lowest BCUT2D eigenvalue weighted by Gasteiger charge is -2.06. The first-order chi connectivity index (χ1) is 8.74. The molecule has 0 aliphatic carbocycles. The largest absolute Gasteiger partial charge is 0.298 e. The second kappa shape index (κ2) is 5.54. The summed E-state index contributed by atoms with van der Waals surface area (Å²) in [7, 11) is 0. The Balaban J connectivity index is 2.44. The molecule has 0 aliphatic rings. The molecule has 1 heterocycles. The van der Waals surface area contributed by atoms with Crippen molar-refractivity contribution in [3.63, 3.8) is 0 Å². The van der Waals surface area contributed by atoms with Crippen LogP contribution in [-0.2, 0) is 6.42 Å². The average Bonchev–Trinajstić information content (AvgIpc) is 2.40. The molecule has 1 aromatic carbocycles. The van der Waals surface area contributed by atoms with Gasteiger partial charge < -0.3 is 0 Å². The van der Waals surface area contributed by atoms with Gasteiger partial charge in [0, 0.05) is 17.3 Å². The van der Waals surface area contributed by atoms with E-state index in [2.05, 4.69) is 11.9 Å². The number of carbonyl (C=O) groups is 1. The highest BCUT2D eigenvalue weighted by Gasteiger charge is 2.07. The molecule has 0 aliphatic heterocycles. The zero-order chi connectivity index (χ0) is 13.0. The molecule has 92 valence electrons. The molecule has 0 bridgehead atoms. The highest BCUT2D eigenvalue weighted by Crippen LogP contribution is 2.21. The van der Waals surface area contributed by atoms with Gasteiger partial charge in [0.2, 0.25) is 0 Å². The number of hydrogen-bond acceptors (Lipinski definition) is 2. The number of halogens is 1. The van der Waals surface area contributed by atoms with Crippen LogP contribution in [0.2, 0.25) is 0 Å². The Labute approximate surface area is 105 Å². The third kappa shape index (κ3) is 2.62. The molecular weight excluding hydrogens is 229 g/mol. The van der Waals surface area contributed by atoms with Crippen molar-refractivity contribution in [1.29, 1.82) is 0 Å². The first kappa shape index (κ1) is 12.4. The van der Waals surface area contributed by atoms with Crippen LogP contribution in [0.4, 0.5) is 4.39 Å². The van der Waals surface area contributed by atoms with Gasteiger partial charge in [0.1, 0.15) is 5.82 Å². The lowest BCUT2D eigenvalue weighted by Crippen LogP contribution is -1.95. The normalized spacial score (nSPS) is 10.3. The van der Waals surface area contributed by atoms with Crippen molar-refractivity contribution < 1.29 is 9.18 Å². The molecule has 0 amide bonds. The Kier molecular flexibility index (Phi) is 3.82. The average molecular weight is 243 g/mol. The molecule has 2 aromatic rings. The van der Waals surface area contributed by atoms with Gasteiger partial charge in [0.05, 0.1) is 5.69 Å². The lowest BCUT2D eigenvalue weighted by atomic mass is 10.0. The molecule has 0 fully saturated rings. The molecular formula is C15H14FNO. The van der Waals surface area contributed by atoms with Crippen LogP contribution in [0, 0.1) is 5.82 Å². The SMILES string of the molecule is CCCc1cnc(-c2ccc(F)cc2)c(C=O)c1. The van der Waals surface area contributed by atoms with Gasteiger partial charge in [-0.2, -0.15) is 0 Å². The van der Waals surface area contributed by atoms with Gasteiger partial charge in [-0.1, -0.05) is 13.3 Å². The minimum Gasteiger partial charge on any atom is -0.298 e. The van der Waals surface area contributed by atoms with Crippen molar-refractivity contribution in [3.05, 3.63) is 53.5 Å². The van der Waals surface area contributed by atoms with E-state index in [-0.39, 0.29) is 5.82 Å². The second-order valence-electron chi connectivity index (χ2n) is 4.16. The van der Waals surface area contributed by atoms with Gasteiger partial charge in [0.15, 0.2) is 6.29 Å². The molecule has 2 rings (SSSR count). The molecule has 0 spiro atoms. The van der Waals surface area contributed by atoms with Crippen LogP contribution in [0.3, 0.4) is 0 Å². The predicted octanol–water partition coefficient (Wildman–Crippen LogP) is 3.65. The molecule has 0 N–H and O–H groups in total. The maximum atomic E-state index is 12.9. The van der Waals surface area contributed by atoms with Crippen molar-refractivity contribution in [3.8, 4) is 11.3 Å². The van der Waals surface area contributed by atoms with Gasteiger partial charge in [-0.15, -0.1) is 0 Å². The van der Waals surface area contributed by atoms with E-state index in [1.807, 2.05) is 6.07 Å². The number of aldehydes is 1. The number of aryl methyl sites for hydroxylation is 1. The molecule has 0 saturated heterocycles. The summed E-state index contributed by atoms with van der Waals surface area (Å²) < 4.78 is 12.9. The Hall–Kier alpha value is -2.03. The van der Waals surface area contributed by atoms with E-state index in [1.54, 1.807) is 18.3 Å². The quantitative estimate of drug-likeness (QED) is 0.767. The number of benzene rings is 1. The van der Waals surface area contributed by atoms with E-state index < -0.39 is 0 Å². The zero-order valence-corrected chi connectivity index (χ0v) is 10.2. The van der Waals surface area contributed by atoms with Crippen LogP contribution in [0.5, 0.6) is 0 Å². The van der Waals surface area contributed by atoms with Gasteiger partial charge >= 0.3 is 0 Å². The number of aromatic nitrogens is 1. The molecule has 0 unspecified atom stereocenters. The van der Waals surface area contributed by atoms with Crippen LogP contribution in [0.25, 0.3) is 11.3 Å². The summed E-state index contributed by atoms with van der Waals surface area (Å²) in [4.78, 5) is 15.4. The molecule has 0 atom stereocenters. The third-order valence-electron chi connectivity index (χ3n) is 2.76. The van der Waals surface area contributed by atoms with E-state index in [0.29, 0.717) is 11.3 Å². The highest BCUT2D eigenvalue weighted by atomic mass is 19.1. The van der Waals surface area contributed by atoms with Crippen LogP contribution >= 0.6 is 0 Å². The fourth-order valence-electron chi connectivity index (χ4n) is 1.89. The summed E-state index contributed by atoms with van der Waals surface area (Å²) in [5, 5.41) is 0. The second-order valence-corrected chi connectivity index (χ2v) is 4.16. The van der Waals surface area contributed by atoms with Crippen LogP contribution < -0.4 is 0 Å². The lowest BCUT2D eigenvalue weighted by molar-refractivity contribution is 0.112. The van der Waals surface area contributed by atoms with Crippen LogP contribution in [-0.4, -0.2) is 11.3 Å². The van der Waals surface area contributed by atoms with Gasteiger partial charge in [-0.3, -0.25) is 9.78 Å². The summed E-state index contributed by atoms with van der Waals surface area (Å²) in [5.74, 6) is -0.297.